The minimum atomic E-state index is -3.84. The Morgan fingerprint density at radius 1 is 1.11 bits per heavy atom. The Labute approximate surface area is 157 Å². The lowest BCUT2D eigenvalue weighted by Crippen LogP contribution is -2.22. The van der Waals surface area contributed by atoms with E-state index < -0.39 is 28.5 Å². The van der Waals surface area contributed by atoms with E-state index in [1.165, 1.54) is 26.3 Å². The molecule has 0 unspecified atom stereocenters. The lowest BCUT2D eigenvalue weighted by molar-refractivity contribution is -0.119. The molecule has 2 N–H and O–H groups in total. The number of benzene rings is 2. The van der Waals surface area contributed by atoms with Crippen molar-refractivity contribution < 1.29 is 27.5 Å². The van der Waals surface area contributed by atoms with Gasteiger partial charge in [-0.15, -0.1) is 0 Å². The molecule has 0 saturated carbocycles. The molecular weight excluding hydrogens is 372 g/mol. The molecule has 0 aliphatic heterocycles. The molecule has 8 nitrogen and oxygen atoms in total. The molecule has 1 amide bonds. The van der Waals surface area contributed by atoms with Gasteiger partial charge in [0, 0.05) is 5.69 Å². The number of hydrogen-bond acceptors (Lipinski definition) is 6. The summed E-state index contributed by atoms with van der Waals surface area (Å²) in [4.78, 5) is 23.9. The Kier molecular flexibility index (Phi) is 6.54. The van der Waals surface area contributed by atoms with Gasteiger partial charge < -0.3 is 14.8 Å². The molecule has 0 heterocycles. The van der Waals surface area contributed by atoms with Crippen LogP contribution in [0.15, 0.2) is 47.4 Å². The van der Waals surface area contributed by atoms with Gasteiger partial charge >= 0.3 is 5.97 Å². The number of nitrogens with one attached hydrogen (secondary N) is 2. The average molecular weight is 392 g/mol. The lowest BCUT2D eigenvalue weighted by Gasteiger charge is -2.11. The fourth-order valence-corrected chi connectivity index (χ4v) is 3.16. The van der Waals surface area contributed by atoms with Crippen molar-refractivity contribution in [2.45, 2.75) is 11.8 Å². The molecule has 0 atom stereocenters. The summed E-state index contributed by atoms with van der Waals surface area (Å²) in [6.07, 6.45) is 0. The van der Waals surface area contributed by atoms with Crippen molar-refractivity contribution in [1.29, 1.82) is 0 Å². The first-order chi connectivity index (χ1) is 12.8. The van der Waals surface area contributed by atoms with Crippen molar-refractivity contribution in [2.24, 2.45) is 0 Å². The van der Waals surface area contributed by atoms with Gasteiger partial charge in [0.15, 0.2) is 6.61 Å². The number of esters is 1. The van der Waals surface area contributed by atoms with E-state index in [9.17, 15) is 18.0 Å². The number of carbonyl (C=O) groups is 2. The quantitative estimate of drug-likeness (QED) is 0.694. The molecule has 0 aliphatic rings. The normalized spacial score (nSPS) is 10.9. The number of para-hydroxylation sites is 1. The van der Waals surface area contributed by atoms with Gasteiger partial charge in [0.05, 0.1) is 12.7 Å². The van der Waals surface area contributed by atoms with Gasteiger partial charge in [-0.3, -0.25) is 4.79 Å². The first-order valence-corrected chi connectivity index (χ1v) is 9.41. The highest BCUT2D eigenvalue weighted by Crippen LogP contribution is 2.25. The van der Waals surface area contributed by atoms with Gasteiger partial charge in [-0.2, -0.15) is 0 Å². The predicted octanol–water partition coefficient (Wildman–Crippen LogP) is 1.71. The second-order valence-corrected chi connectivity index (χ2v) is 7.37. The Balaban J connectivity index is 2.09. The van der Waals surface area contributed by atoms with Gasteiger partial charge in [-0.1, -0.05) is 18.2 Å². The van der Waals surface area contributed by atoms with Crippen LogP contribution in [0.25, 0.3) is 0 Å². The van der Waals surface area contributed by atoms with E-state index in [0.717, 1.165) is 11.6 Å². The highest BCUT2D eigenvalue weighted by atomic mass is 32.2. The van der Waals surface area contributed by atoms with Crippen LogP contribution in [-0.4, -0.2) is 41.1 Å². The van der Waals surface area contributed by atoms with Crippen molar-refractivity contribution in [1.82, 2.24) is 4.72 Å². The van der Waals surface area contributed by atoms with Crippen LogP contribution in [0.5, 0.6) is 5.75 Å². The summed E-state index contributed by atoms with van der Waals surface area (Å²) in [6.45, 7) is 1.33. The van der Waals surface area contributed by atoms with Gasteiger partial charge in [0.25, 0.3) is 5.91 Å². The summed E-state index contributed by atoms with van der Waals surface area (Å²) in [5, 5.41) is 2.64. The largest absolute Gasteiger partial charge is 0.495 e. The third-order valence-electron chi connectivity index (χ3n) is 3.71. The molecule has 0 spiro atoms. The van der Waals surface area contributed by atoms with E-state index in [4.69, 9.17) is 9.47 Å². The number of sulfonamides is 1. The number of rotatable bonds is 7. The number of anilines is 1. The van der Waals surface area contributed by atoms with Crippen molar-refractivity contribution in [3.05, 3.63) is 53.6 Å². The lowest BCUT2D eigenvalue weighted by atomic mass is 10.2. The summed E-state index contributed by atoms with van der Waals surface area (Å²) in [7, 11) is -1.27. The van der Waals surface area contributed by atoms with Gasteiger partial charge in [0.2, 0.25) is 10.0 Å². The molecule has 2 rings (SSSR count). The first-order valence-electron chi connectivity index (χ1n) is 7.92. The SMILES string of the molecule is CNS(=O)(=O)c1cc(C(=O)OCC(=O)Nc2ccccc2C)ccc1OC. The van der Waals surface area contributed by atoms with Crippen LogP contribution in [0, 0.1) is 6.92 Å². The minimum Gasteiger partial charge on any atom is -0.495 e. The van der Waals surface area contributed by atoms with Gasteiger partial charge in [-0.25, -0.2) is 17.9 Å². The van der Waals surface area contributed by atoms with Gasteiger partial charge in [0.1, 0.15) is 10.6 Å². The number of ether oxygens (including phenoxy) is 2. The molecular formula is C18H20N2O6S. The van der Waals surface area contributed by atoms with Crippen LogP contribution in [0.2, 0.25) is 0 Å². The van der Waals surface area contributed by atoms with Crippen molar-refractivity contribution in [3.8, 4) is 5.75 Å². The number of methoxy groups -OCH3 is 1. The fourth-order valence-electron chi connectivity index (χ4n) is 2.24. The predicted molar refractivity (Wildman–Crippen MR) is 99.3 cm³/mol. The zero-order chi connectivity index (χ0) is 20.0. The number of aryl methyl sites for hydroxylation is 1. The summed E-state index contributed by atoms with van der Waals surface area (Å²) in [5.74, 6) is -1.25. The number of carbonyl (C=O) groups excluding carboxylic acids is 2. The van der Waals surface area contributed by atoms with E-state index in [0.29, 0.717) is 5.69 Å². The zero-order valence-electron chi connectivity index (χ0n) is 15.1. The molecule has 0 bridgehead atoms. The molecule has 27 heavy (non-hydrogen) atoms. The van der Waals surface area contributed by atoms with Crippen LogP contribution >= 0.6 is 0 Å². The maximum Gasteiger partial charge on any atom is 0.338 e. The smallest absolute Gasteiger partial charge is 0.338 e. The molecule has 0 saturated heterocycles. The third kappa shape index (κ3) is 5.05. The first kappa shape index (κ1) is 20.4. The van der Waals surface area contributed by atoms with Crippen LogP contribution < -0.4 is 14.8 Å². The standard InChI is InChI=1S/C18H20N2O6S/c1-12-6-4-5-7-14(12)20-17(21)11-26-18(22)13-8-9-15(25-3)16(10-13)27(23,24)19-2/h4-10,19H,11H2,1-3H3,(H,20,21). The van der Waals surface area contributed by atoms with E-state index in [-0.39, 0.29) is 16.2 Å². The Morgan fingerprint density at radius 3 is 2.44 bits per heavy atom. The molecule has 2 aromatic carbocycles. The molecule has 144 valence electrons. The highest BCUT2D eigenvalue weighted by Gasteiger charge is 2.21. The monoisotopic (exact) mass is 392 g/mol. The van der Waals surface area contributed by atoms with Crippen LogP contribution in [-0.2, 0) is 19.6 Å². The topological polar surface area (TPSA) is 111 Å². The number of hydrogen-bond donors (Lipinski definition) is 2. The fraction of sp³-hybridized carbons (Fsp3) is 0.222. The van der Waals surface area contributed by atoms with Gasteiger partial charge in [-0.05, 0) is 43.8 Å². The van der Waals surface area contributed by atoms with Crippen LogP contribution in [0.4, 0.5) is 5.69 Å². The van der Waals surface area contributed by atoms with E-state index in [1.54, 1.807) is 12.1 Å². The zero-order valence-corrected chi connectivity index (χ0v) is 15.9. The van der Waals surface area contributed by atoms with Crippen molar-refractivity contribution in [2.75, 3.05) is 26.1 Å². The molecule has 0 radical (unpaired) electrons. The van der Waals surface area contributed by atoms with Crippen LogP contribution in [0.3, 0.4) is 0 Å². The molecule has 9 heteroatoms. The maximum absolute atomic E-state index is 12.2. The summed E-state index contributed by atoms with van der Waals surface area (Å²) < 4.78 is 36.2. The number of amides is 1. The maximum atomic E-state index is 12.2. The van der Waals surface area contributed by atoms with Crippen molar-refractivity contribution in [3.63, 3.8) is 0 Å². The molecule has 0 aromatic heterocycles. The summed E-state index contributed by atoms with van der Waals surface area (Å²) in [5.41, 5.74) is 1.47. The van der Waals surface area contributed by atoms with Crippen LogP contribution in [0.1, 0.15) is 15.9 Å². The molecule has 0 aliphatic carbocycles. The Bertz CT molecular complexity index is 956. The van der Waals surface area contributed by atoms with E-state index >= 15 is 0 Å². The van der Waals surface area contributed by atoms with Crippen molar-refractivity contribution >= 4 is 27.6 Å². The second-order valence-electron chi connectivity index (χ2n) is 5.51. The highest BCUT2D eigenvalue weighted by molar-refractivity contribution is 7.89. The molecule has 2 aromatic rings. The summed E-state index contributed by atoms with van der Waals surface area (Å²) in [6, 6.07) is 11.0. The third-order valence-corrected chi connectivity index (χ3v) is 5.15. The Morgan fingerprint density at radius 2 is 1.81 bits per heavy atom. The van der Waals surface area contributed by atoms with E-state index in [2.05, 4.69) is 10.0 Å². The van der Waals surface area contributed by atoms with E-state index in [1.807, 2.05) is 19.1 Å². The Hall–Kier alpha value is -2.91. The average Bonchev–Trinajstić information content (AvgIpc) is 2.67. The second kappa shape index (κ2) is 8.65. The summed E-state index contributed by atoms with van der Waals surface area (Å²) >= 11 is 0. The molecule has 0 fully saturated rings. The minimum absolute atomic E-state index is 0.0201.